The van der Waals surface area contributed by atoms with Crippen molar-refractivity contribution in [3.63, 3.8) is 0 Å². The first kappa shape index (κ1) is 19.7. The number of nitrogens with one attached hydrogen (secondary N) is 1. The lowest BCUT2D eigenvalue weighted by Crippen LogP contribution is -2.39. The molecule has 1 aliphatic heterocycles. The van der Waals surface area contributed by atoms with Gasteiger partial charge in [0.1, 0.15) is 16.5 Å². The minimum atomic E-state index is -0.0542. The van der Waals surface area contributed by atoms with Crippen LogP contribution in [0.3, 0.4) is 0 Å². The van der Waals surface area contributed by atoms with E-state index in [1.54, 1.807) is 37.7 Å². The van der Waals surface area contributed by atoms with Gasteiger partial charge in [-0.25, -0.2) is 4.98 Å². The Bertz CT molecular complexity index is 971. The molecule has 0 saturated carbocycles. The van der Waals surface area contributed by atoms with Gasteiger partial charge in [-0.3, -0.25) is 9.69 Å². The molecule has 1 N–H and O–H groups in total. The number of anilines is 1. The number of rotatable bonds is 6. The van der Waals surface area contributed by atoms with Gasteiger partial charge in [0, 0.05) is 6.07 Å². The van der Waals surface area contributed by atoms with E-state index >= 15 is 0 Å². The Hall–Kier alpha value is -2.64. The van der Waals surface area contributed by atoms with Crippen LogP contribution in [0, 0.1) is 0 Å². The molecule has 1 amide bonds. The maximum absolute atomic E-state index is 12.8. The van der Waals surface area contributed by atoms with Gasteiger partial charge in [0.05, 0.1) is 42.7 Å². The van der Waals surface area contributed by atoms with Crippen molar-refractivity contribution in [2.24, 2.45) is 0 Å². The van der Waals surface area contributed by atoms with Crippen molar-refractivity contribution in [1.82, 2.24) is 9.88 Å². The quantitative estimate of drug-likeness (QED) is 0.648. The van der Waals surface area contributed by atoms with Gasteiger partial charge < -0.3 is 14.8 Å². The molecular formula is C22H25N3O3S. The van der Waals surface area contributed by atoms with E-state index < -0.39 is 0 Å². The summed E-state index contributed by atoms with van der Waals surface area (Å²) in [5.41, 5.74) is 1.68. The van der Waals surface area contributed by atoms with Crippen LogP contribution in [-0.2, 0) is 4.79 Å². The van der Waals surface area contributed by atoms with Gasteiger partial charge in [-0.2, -0.15) is 0 Å². The summed E-state index contributed by atoms with van der Waals surface area (Å²) < 4.78 is 11.8. The highest BCUT2D eigenvalue weighted by molar-refractivity contribution is 7.18. The number of carbonyl (C=O) groups is 1. The van der Waals surface area contributed by atoms with Gasteiger partial charge in [0.25, 0.3) is 0 Å². The molecule has 1 aromatic heterocycles. The number of para-hydroxylation sites is 1. The zero-order valence-corrected chi connectivity index (χ0v) is 17.5. The van der Waals surface area contributed by atoms with Crippen molar-refractivity contribution >= 4 is 33.1 Å². The Morgan fingerprint density at radius 2 is 2.07 bits per heavy atom. The van der Waals surface area contributed by atoms with Crippen molar-refractivity contribution in [3.05, 3.63) is 47.5 Å². The largest absolute Gasteiger partial charge is 0.497 e. The molecule has 152 valence electrons. The van der Waals surface area contributed by atoms with Crippen LogP contribution in [0.5, 0.6) is 11.5 Å². The van der Waals surface area contributed by atoms with Gasteiger partial charge in [-0.15, -0.1) is 11.3 Å². The lowest BCUT2D eigenvalue weighted by molar-refractivity contribution is -0.118. The van der Waals surface area contributed by atoms with Crippen molar-refractivity contribution in [3.8, 4) is 11.5 Å². The van der Waals surface area contributed by atoms with Crippen molar-refractivity contribution in [1.29, 1.82) is 0 Å². The monoisotopic (exact) mass is 411 g/mol. The SMILES string of the molecule is COc1ccc(NC(=O)CN2CCCC[C@H]2c2nc3ccccc3s2)c(OC)c1. The first-order valence-corrected chi connectivity index (χ1v) is 10.6. The van der Waals surface area contributed by atoms with E-state index in [1.165, 1.54) is 4.70 Å². The van der Waals surface area contributed by atoms with Gasteiger partial charge in [-0.1, -0.05) is 18.6 Å². The lowest BCUT2D eigenvalue weighted by atomic mass is 10.0. The number of nitrogens with zero attached hydrogens (tertiary/aromatic N) is 2. The third kappa shape index (κ3) is 4.36. The van der Waals surface area contributed by atoms with Crippen LogP contribution >= 0.6 is 11.3 Å². The number of aromatic nitrogens is 1. The third-order valence-corrected chi connectivity index (χ3v) is 6.38. The molecule has 0 unspecified atom stereocenters. The van der Waals surface area contributed by atoms with Crippen LogP contribution < -0.4 is 14.8 Å². The zero-order chi connectivity index (χ0) is 20.2. The average Bonchev–Trinajstić information content (AvgIpc) is 3.18. The molecule has 0 spiro atoms. The van der Waals surface area contributed by atoms with E-state index in [9.17, 15) is 4.79 Å². The molecular weight excluding hydrogens is 386 g/mol. The molecule has 29 heavy (non-hydrogen) atoms. The van der Waals surface area contributed by atoms with Crippen LogP contribution in [0.15, 0.2) is 42.5 Å². The average molecular weight is 412 g/mol. The molecule has 2 heterocycles. The van der Waals surface area contributed by atoms with Crippen molar-refractivity contribution in [2.75, 3.05) is 32.6 Å². The topological polar surface area (TPSA) is 63.7 Å². The number of likely N-dealkylation sites (tertiary alicyclic amines) is 1. The van der Waals surface area contributed by atoms with Crippen LogP contribution in [0.2, 0.25) is 0 Å². The van der Waals surface area contributed by atoms with E-state index in [-0.39, 0.29) is 11.9 Å². The van der Waals surface area contributed by atoms with Crippen LogP contribution in [-0.4, -0.2) is 43.1 Å². The maximum Gasteiger partial charge on any atom is 0.238 e. The summed E-state index contributed by atoms with van der Waals surface area (Å²) in [5, 5.41) is 4.08. The number of hydrogen-bond donors (Lipinski definition) is 1. The molecule has 0 bridgehead atoms. The molecule has 1 aliphatic rings. The molecule has 1 atom stereocenters. The van der Waals surface area contributed by atoms with E-state index in [0.717, 1.165) is 36.3 Å². The van der Waals surface area contributed by atoms with Gasteiger partial charge in [0.15, 0.2) is 0 Å². The maximum atomic E-state index is 12.8. The minimum absolute atomic E-state index is 0.0542. The van der Waals surface area contributed by atoms with Crippen molar-refractivity contribution in [2.45, 2.75) is 25.3 Å². The Morgan fingerprint density at radius 1 is 1.21 bits per heavy atom. The fourth-order valence-electron chi connectivity index (χ4n) is 3.77. The summed E-state index contributed by atoms with van der Waals surface area (Å²) in [7, 11) is 3.18. The molecule has 1 fully saturated rings. The first-order valence-electron chi connectivity index (χ1n) is 9.79. The number of benzene rings is 2. The van der Waals surface area contributed by atoms with E-state index in [4.69, 9.17) is 14.5 Å². The van der Waals surface area contributed by atoms with E-state index in [2.05, 4.69) is 16.3 Å². The third-order valence-electron chi connectivity index (χ3n) is 5.24. The zero-order valence-electron chi connectivity index (χ0n) is 16.7. The Balaban J connectivity index is 1.48. The summed E-state index contributed by atoms with van der Waals surface area (Å²) in [6.07, 6.45) is 3.28. The highest BCUT2D eigenvalue weighted by atomic mass is 32.1. The molecule has 3 aromatic rings. The number of piperidine rings is 1. The predicted molar refractivity (Wildman–Crippen MR) is 116 cm³/mol. The standard InChI is InChI=1S/C22H25N3O3S/c1-27-15-10-11-16(19(13-15)28-2)23-21(26)14-25-12-6-5-8-18(25)22-24-17-7-3-4-9-20(17)29-22/h3-4,7,9-11,13,18H,5-6,8,12,14H2,1-2H3,(H,23,26)/t18-/m0/s1. The highest BCUT2D eigenvalue weighted by Gasteiger charge is 2.28. The molecule has 7 heteroatoms. The fraction of sp³-hybridized carbons (Fsp3) is 0.364. The number of ether oxygens (including phenoxy) is 2. The summed E-state index contributed by atoms with van der Waals surface area (Å²) in [4.78, 5) is 19.9. The summed E-state index contributed by atoms with van der Waals surface area (Å²) >= 11 is 1.73. The normalized spacial score (nSPS) is 17.2. The second-order valence-corrected chi connectivity index (χ2v) is 8.18. The van der Waals surface area contributed by atoms with Crippen LogP contribution in [0.4, 0.5) is 5.69 Å². The fourth-order valence-corrected chi connectivity index (χ4v) is 4.91. The second-order valence-electron chi connectivity index (χ2n) is 7.12. The highest BCUT2D eigenvalue weighted by Crippen LogP contribution is 2.35. The lowest BCUT2D eigenvalue weighted by Gasteiger charge is -2.33. The molecule has 4 rings (SSSR count). The minimum Gasteiger partial charge on any atom is -0.497 e. The number of methoxy groups -OCH3 is 2. The molecule has 0 aliphatic carbocycles. The number of fused-ring (bicyclic) bond motifs is 1. The Kier molecular flexibility index (Phi) is 5.97. The number of thiazole rings is 1. The summed E-state index contributed by atoms with van der Waals surface area (Å²) in [6.45, 7) is 1.23. The Morgan fingerprint density at radius 3 is 2.86 bits per heavy atom. The van der Waals surface area contributed by atoms with Gasteiger partial charge >= 0.3 is 0 Å². The second kappa shape index (κ2) is 8.80. The first-order chi connectivity index (χ1) is 14.2. The molecule has 0 radical (unpaired) electrons. The molecule has 6 nitrogen and oxygen atoms in total. The van der Waals surface area contributed by atoms with Gasteiger partial charge in [-0.05, 0) is 43.7 Å². The smallest absolute Gasteiger partial charge is 0.238 e. The predicted octanol–water partition coefficient (Wildman–Crippen LogP) is 4.48. The molecule has 1 saturated heterocycles. The van der Waals surface area contributed by atoms with Crippen LogP contribution in [0.1, 0.15) is 30.3 Å². The van der Waals surface area contributed by atoms with E-state index in [0.29, 0.717) is 23.7 Å². The number of carbonyl (C=O) groups excluding carboxylic acids is 1. The number of hydrogen-bond acceptors (Lipinski definition) is 6. The Labute approximate surface area is 174 Å². The van der Waals surface area contributed by atoms with Crippen LogP contribution in [0.25, 0.3) is 10.2 Å². The van der Waals surface area contributed by atoms with E-state index in [1.807, 2.05) is 24.3 Å². The van der Waals surface area contributed by atoms with Gasteiger partial charge in [0.2, 0.25) is 5.91 Å². The molecule has 2 aromatic carbocycles. The number of amides is 1. The summed E-state index contributed by atoms with van der Waals surface area (Å²) in [6, 6.07) is 13.8. The summed E-state index contributed by atoms with van der Waals surface area (Å²) in [5.74, 6) is 1.22. The van der Waals surface area contributed by atoms with Crippen molar-refractivity contribution < 1.29 is 14.3 Å².